The van der Waals surface area contributed by atoms with Gasteiger partial charge in [-0.2, -0.15) is 18.3 Å². The van der Waals surface area contributed by atoms with Crippen LogP contribution < -0.4 is 10.7 Å². The highest BCUT2D eigenvalue weighted by Crippen LogP contribution is 2.30. The molecule has 0 fully saturated rings. The molecule has 156 valence electrons. The van der Waals surface area contributed by atoms with Gasteiger partial charge in [-0.05, 0) is 45.8 Å². The summed E-state index contributed by atoms with van der Waals surface area (Å²) in [5.74, 6) is -0.474. The summed E-state index contributed by atoms with van der Waals surface area (Å²) in [5, 5.41) is 10.9. The zero-order chi connectivity index (χ0) is 21.8. The molecule has 0 spiro atoms. The maximum absolute atomic E-state index is 12.8. The second-order valence-electron chi connectivity index (χ2n) is 6.96. The minimum Gasteiger partial charge on any atom is -0.376 e. The van der Waals surface area contributed by atoms with Crippen molar-refractivity contribution in [3.8, 4) is 0 Å². The molecule has 0 aliphatic heterocycles. The van der Waals surface area contributed by atoms with Crippen molar-refractivity contribution >= 4 is 39.4 Å². The molecule has 0 unspecified atom stereocenters. The number of rotatable bonds is 5. The summed E-state index contributed by atoms with van der Waals surface area (Å²) < 4.78 is 38.4. The Hall–Kier alpha value is -3.87. The maximum Gasteiger partial charge on any atom is 0.416 e. The molecule has 0 aromatic heterocycles. The van der Waals surface area contributed by atoms with Gasteiger partial charge in [0.2, 0.25) is 0 Å². The molecular formula is C24H18F3N3O. The van der Waals surface area contributed by atoms with Gasteiger partial charge in [0.1, 0.15) is 0 Å². The Morgan fingerprint density at radius 3 is 2.16 bits per heavy atom. The number of alkyl halides is 3. The fourth-order valence-electron chi connectivity index (χ4n) is 3.38. The summed E-state index contributed by atoms with van der Waals surface area (Å²) in [6.07, 6.45) is -2.85. The number of nitrogens with one attached hydrogen (secondary N) is 2. The Labute approximate surface area is 176 Å². The van der Waals surface area contributed by atoms with Crippen molar-refractivity contribution in [2.24, 2.45) is 5.10 Å². The molecule has 31 heavy (non-hydrogen) atoms. The molecule has 0 saturated heterocycles. The van der Waals surface area contributed by atoms with E-state index >= 15 is 0 Å². The lowest BCUT2D eigenvalue weighted by atomic mass is 9.97. The summed E-state index contributed by atoms with van der Waals surface area (Å²) in [5.41, 5.74) is 2.72. The number of carbonyl (C=O) groups is 1. The Bertz CT molecular complexity index is 1230. The predicted molar refractivity (Wildman–Crippen MR) is 117 cm³/mol. The third kappa shape index (κ3) is 4.66. The van der Waals surface area contributed by atoms with Crippen LogP contribution in [0, 0.1) is 0 Å². The van der Waals surface area contributed by atoms with Crippen molar-refractivity contribution in [1.82, 2.24) is 5.43 Å². The van der Waals surface area contributed by atoms with Gasteiger partial charge in [-0.1, -0.05) is 54.6 Å². The number of hydrazone groups is 1. The summed E-state index contributed by atoms with van der Waals surface area (Å²) in [4.78, 5) is 12.1. The molecule has 0 aliphatic rings. The van der Waals surface area contributed by atoms with E-state index in [1.807, 2.05) is 48.5 Å². The average Bonchev–Trinajstić information content (AvgIpc) is 2.77. The molecule has 0 radical (unpaired) electrons. The van der Waals surface area contributed by atoms with Gasteiger partial charge < -0.3 is 5.32 Å². The molecule has 0 saturated carbocycles. The molecule has 4 nitrogen and oxygen atoms in total. The normalized spacial score (nSPS) is 11.8. The van der Waals surface area contributed by atoms with Gasteiger partial charge in [-0.15, -0.1) is 0 Å². The van der Waals surface area contributed by atoms with E-state index in [1.54, 1.807) is 6.21 Å². The molecule has 0 heterocycles. The first-order valence-electron chi connectivity index (χ1n) is 9.55. The highest BCUT2D eigenvalue weighted by molar-refractivity contribution is 6.13. The number of hydrogen-bond donors (Lipinski definition) is 2. The quantitative estimate of drug-likeness (QED) is 0.251. The van der Waals surface area contributed by atoms with Crippen LogP contribution in [0.4, 0.5) is 18.9 Å². The van der Waals surface area contributed by atoms with Crippen molar-refractivity contribution in [2.45, 2.75) is 6.18 Å². The zero-order valence-corrected chi connectivity index (χ0v) is 16.3. The van der Waals surface area contributed by atoms with E-state index in [0.717, 1.165) is 39.2 Å². The van der Waals surface area contributed by atoms with E-state index in [-0.39, 0.29) is 12.2 Å². The van der Waals surface area contributed by atoms with E-state index in [4.69, 9.17) is 0 Å². The lowest BCUT2D eigenvalue weighted by Gasteiger charge is -2.10. The van der Waals surface area contributed by atoms with Gasteiger partial charge in [-0.3, -0.25) is 4.79 Å². The van der Waals surface area contributed by atoms with Gasteiger partial charge in [0.15, 0.2) is 0 Å². The smallest absolute Gasteiger partial charge is 0.376 e. The van der Waals surface area contributed by atoms with E-state index in [0.29, 0.717) is 0 Å². The van der Waals surface area contributed by atoms with E-state index in [1.165, 1.54) is 12.1 Å². The Morgan fingerprint density at radius 1 is 0.871 bits per heavy atom. The Kier molecular flexibility index (Phi) is 5.58. The third-order valence-corrected chi connectivity index (χ3v) is 4.84. The molecule has 1 amide bonds. The molecule has 0 bridgehead atoms. The number of fused-ring (bicyclic) bond motifs is 2. The van der Waals surface area contributed by atoms with E-state index < -0.39 is 17.6 Å². The van der Waals surface area contributed by atoms with Crippen LogP contribution in [0.2, 0.25) is 0 Å². The molecule has 0 aliphatic carbocycles. The first-order chi connectivity index (χ1) is 14.9. The molecule has 0 atom stereocenters. The van der Waals surface area contributed by atoms with E-state index in [2.05, 4.69) is 21.9 Å². The summed E-state index contributed by atoms with van der Waals surface area (Å²) in [7, 11) is 0. The molecule has 4 aromatic rings. The van der Waals surface area contributed by atoms with Gasteiger partial charge in [-0.25, -0.2) is 5.43 Å². The number of nitrogens with zero attached hydrogens (tertiary/aromatic N) is 1. The van der Waals surface area contributed by atoms with Gasteiger partial charge in [0.25, 0.3) is 5.91 Å². The lowest BCUT2D eigenvalue weighted by molar-refractivity contribution is -0.137. The summed E-state index contributed by atoms with van der Waals surface area (Å²) in [6.45, 7) is -0.213. The van der Waals surface area contributed by atoms with Crippen molar-refractivity contribution in [2.75, 3.05) is 11.9 Å². The van der Waals surface area contributed by atoms with Crippen LogP contribution in [-0.4, -0.2) is 18.7 Å². The number of anilines is 1. The van der Waals surface area contributed by atoms with Crippen LogP contribution in [0.25, 0.3) is 21.5 Å². The fourth-order valence-corrected chi connectivity index (χ4v) is 3.38. The number of carbonyl (C=O) groups excluding carboxylic acids is 1. The Balaban J connectivity index is 1.48. The van der Waals surface area contributed by atoms with Crippen LogP contribution in [0.5, 0.6) is 0 Å². The largest absolute Gasteiger partial charge is 0.416 e. The second kappa shape index (κ2) is 8.47. The highest BCUT2D eigenvalue weighted by atomic mass is 19.4. The number of amides is 1. The highest BCUT2D eigenvalue weighted by Gasteiger charge is 2.30. The van der Waals surface area contributed by atoms with Crippen LogP contribution in [-0.2, 0) is 11.0 Å². The molecule has 4 aromatic carbocycles. The molecule has 2 N–H and O–H groups in total. The lowest BCUT2D eigenvalue weighted by Crippen LogP contribution is -2.26. The van der Waals surface area contributed by atoms with Crippen LogP contribution in [0.1, 0.15) is 11.1 Å². The summed E-state index contributed by atoms with van der Waals surface area (Å²) >= 11 is 0. The zero-order valence-electron chi connectivity index (χ0n) is 16.3. The standard InChI is InChI=1S/C24H18F3N3O/c25-24(26,27)18-8-5-9-19(13-18)28-15-23(31)30-29-14-22-20-10-3-1-6-16(20)12-17-7-2-4-11-21(17)22/h1-14,28H,15H2,(H,30,31)/b29-14+. The van der Waals surface area contributed by atoms with Crippen molar-refractivity contribution in [1.29, 1.82) is 0 Å². The molecular weight excluding hydrogens is 403 g/mol. The van der Waals surface area contributed by atoms with Gasteiger partial charge in [0, 0.05) is 11.3 Å². The summed E-state index contributed by atoms with van der Waals surface area (Å²) in [6, 6.07) is 22.6. The van der Waals surface area contributed by atoms with Crippen LogP contribution in [0.15, 0.2) is 84.0 Å². The number of benzene rings is 4. The first-order valence-corrected chi connectivity index (χ1v) is 9.55. The average molecular weight is 421 g/mol. The Morgan fingerprint density at radius 2 is 1.52 bits per heavy atom. The molecule has 7 heteroatoms. The van der Waals surface area contributed by atoms with Crippen LogP contribution in [0.3, 0.4) is 0 Å². The number of hydrogen-bond acceptors (Lipinski definition) is 3. The van der Waals surface area contributed by atoms with Crippen molar-refractivity contribution < 1.29 is 18.0 Å². The van der Waals surface area contributed by atoms with Gasteiger partial charge >= 0.3 is 6.18 Å². The minimum absolute atomic E-state index is 0.203. The van der Waals surface area contributed by atoms with E-state index in [9.17, 15) is 18.0 Å². The SMILES string of the molecule is O=C(CNc1cccc(C(F)(F)F)c1)N/N=C/c1c2ccccc2cc2ccccc12. The van der Waals surface area contributed by atoms with Crippen molar-refractivity contribution in [3.63, 3.8) is 0 Å². The topological polar surface area (TPSA) is 53.5 Å². The first kappa shape index (κ1) is 20.4. The fraction of sp³-hybridized carbons (Fsp3) is 0.0833. The van der Waals surface area contributed by atoms with Gasteiger partial charge in [0.05, 0.1) is 18.3 Å². The third-order valence-electron chi connectivity index (χ3n) is 4.84. The van der Waals surface area contributed by atoms with Crippen LogP contribution >= 0.6 is 0 Å². The number of halogens is 3. The molecule has 4 rings (SSSR count). The second-order valence-corrected chi connectivity index (χ2v) is 6.96. The van der Waals surface area contributed by atoms with Crippen molar-refractivity contribution in [3.05, 3.63) is 90.0 Å². The maximum atomic E-state index is 12.8. The minimum atomic E-state index is -4.44. The predicted octanol–water partition coefficient (Wildman–Crippen LogP) is 5.57. The monoisotopic (exact) mass is 421 g/mol.